The third-order valence-electron chi connectivity index (χ3n) is 2.37. The third-order valence-corrected chi connectivity index (χ3v) is 2.92. The molecule has 0 aliphatic rings. The highest BCUT2D eigenvalue weighted by Gasteiger charge is 2.15. The second-order valence-electron chi connectivity index (χ2n) is 3.76. The summed E-state index contributed by atoms with van der Waals surface area (Å²) in [7, 11) is 0. The van der Waals surface area contributed by atoms with Crippen molar-refractivity contribution in [2.45, 2.75) is 0 Å². The van der Waals surface area contributed by atoms with Gasteiger partial charge in [-0.15, -0.1) is 0 Å². The van der Waals surface area contributed by atoms with E-state index in [-0.39, 0.29) is 16.3 Å². The molecule has 1 aromatic heterocycles. The van der Waals surface area contributed by atoms with Gasteiger partial charge >= 0.3 is 0 Å². The molecule has 0 saturated heterocycles. The van der Waals surface area contributed by atoms with E-state index in [4.69, 9.17) is 23.2 Å². The predicted octanol–water partition coefficient (Wildman–Crippen LogP) is 3.55. The van der Waals surface area contributed by atoms with E-state index in [1.807, 2.05) is 0 Å². The molecule has 8 heteroatoms. The molecule has 0 aliphatic heterocycles. The minimum absolute atomic E-state index is 0.0594. The first-order valence-electron chi connectivity index (χ1n) is 5.33. The summed E-state index contributed by atoms with van der Waals surface area (Å²) in [6.45, 7) is 0. The number of benzene rings is 1. The highest BCUT2D eigenvalue weighted by Crippen LogP contribution is 2.23. The molecule has 0 unspecified atom stereocenters. The minimum atomic E-state index is -0.625. The van der Waals surface area contributed by atoms with Crippen LogP contribution in [0.4, 0.5) is 11.4 Å². The smallest absolute Gasteiger partial charge is 0.271 e. The molecule has 1 heterocycles. The van der Waals surface area contributed by atoms with Crippen molar-refractivity contribution in [3.8, 4) is 0 Å². The maximum Gasteiger partial charge on any atom is 0.271 e. The molecular weight excluding hydrogens is 305 g/mol. The van der Waals surface area contributed by atoms with Gasteiger partial charge < -0.3 is 5.32 Å². The molecule has 102 valence electrons. The fourth-order valence-electron chi connectivity index (χ4n) is 1.47. The lowest BCUT2D eigenvalue weighted by Gasteiger charge is -2.06. The summed E-state index contributed by atoms with van der Waals surface area (Å²) in [6, 6.07) is 5.13. The average molecular weight is 312 g/mol. The fraction of sp³-hybridized carbons (Fsp3) is 0. The number of nitrogens with one attached hydrogen (secondary N) is 1. The molecule has 20 heavy (non-hydrogen) atoms. The molecule has 1 amide bonds. The Kier molecular flexibility index (Phi) is 4.16. The molecule has 2 rings (SSSR count). The summed E-state index contributed by atoms with van der Waals surface area (Å²) < 4.78 is 0. The Hall–Kier alpha value is -2.18. The van der Waals surface area contributed by atoms with Crippen LogP contribution in [0.1, 0.15) is 10.4 Å². The van der Waals surface area contributed by atoms with Gasteiger partial charge in [0.1, 0.15) is 0 Å². The zero-order chi connectivity index (χ0) is 14.7. The van der Waals surface area contributed by atoms with Gasteiger partial charge in [-0.1, -0.05) is 23.2 Å². The van der Waals surface area contributed by atoms with Gasteiger partial charge in [-0.3, -0.25) is 19.9 Å². The lowest BCUT2D eigenvalue weighted by atomic mass is 10.2. The third kappa shape index (κ3) is 3.23. The summed E-state index contributed by atoms with van der Waals surface area (Å²) in [5.74, 6) is -0.564. The Labute approximate surface area is 123 Å². The van der Waals surface area contributed by atoms with Gasteiger partial charge in [0.15, 0.2) is 0 Å². The Morgan fingerprint density at radius 2 is 2.05 bits per heavy atom. The van der Waals surface area contributed by atoms with Gasteiger partial charge in [-0.2, -0.15) is 0 Å². The number of amides is 1. The molecule has 0 aliphatic carbocycles. The molecule has 0 atom stereocenters. The monoisotopic (exact) mass is 311 g/mol. The number of rotatable bonds is 3. The van der Waals surface area contributed by atoms with Crippen molar-refractivity contribution >= 4 is 40.5 Å². The van der Waals surface area contributed by atoms with E-state index in [1.165, 1.54) is 24.5 Å². The summed E-state index contributed by atoms with van der Waals surface area (Å²) in [6.07, 6.45) is 2.85. The Morgan fingerprint density at radius 1 is 1.30 bits per heavy atom. The number of nitrogens with zero attached hydrogens (tertiary/aromatic N) is 2. The first-order chi connectivity index (χ1) is 9.47. The van der Waals surface area contributed by atoms with Gasteiger partial charge in [0.2, 0.25) is 0 Å². The van der Waals surface area contributed by atoms with Crippen molar-refractivity contribution in [2.24, 2.45) is 0 Å². The molecule has 0 spiro atoms. The van der Waals surface area contributed by atoms with Crippen molar-refractivity contribution < 1.29 is 9.72 Å². The van der Waals surface area contributed by atoms with E-state index in [2.05, 4.69) is 10.3 Å². The Bertz CT molecular complexity index is 691. The van der Waals surface area contributed by atoms with E-state index >= 15 is 0 Å². The number of halogens is 2. The highest BCUT2D eigenvalue weighted by atomic mass is 35.5. The van der Waals surface area contributed by atoms with Crippen molar-refractivity contribution in [1.29, 1.82) is 0 Å². The first kappa shape index (κ1) is 14.2. The predicted molar refractivity (Wildman–Crippen MR) is 75.3 cm³/mol. The Morgan fingerprint density at radius 3 is 2.70 bits per heavy atom. The van der Waals surface area contributed by atoms with Crippen LogP contribution in [0.2, 0.25) is 10.0 Å². The van der Waals surface area contributed by atoms with Crippen LogP contribution in [-0.4, -0.2) is 15.8 Å². The number of nitro groups is 1. The van der Waals surface area contributed by atoms with Crippen LogP contribution in [0.25, 0.3) is 0 Å². The van der Waals surface area contributed by atoms with Gasteiger partial charge in [-0.05, 0) is 12.1 Å². The second kappa shape index (κ2) is 5.85. The van der Waals surface area contributed by atoms with Gasteiger partial charge in [-0.25, -0.2) is 0 Å². The van der Waals surface area contributed by atoms with E-state index in [0.29, 0.717) is 10.7 Å². The number of hydrogen-bond acceptors (Lipinski definition) is 4. The number of anilines is 1. The second-order valence-corrected chi connectivity index (χ2v) is 4.61. The fourth-order valence-corrected chi connectivity index (χ4v) is 1.86. The zero-order valence-electron chi connectivity index (χ0n) is 9.84. The number of pyridine rings is 1. The lowest BCUT2D eigenvalue weighted by Crippen LogP contribution is -2.12. The normalized spacial score (nSPS) is 10.1. The molecular formula is C12H7Cl2N3O3. The molecule has 2 aromatic rings. The number of carbonyl (C=O) groups excluding carboxylic acids is 1. The topological polar surface area (TPSA) is 85.1 Å². The van der Waals surface area contributed by atoms with Gasteiger partial charge in [0, 0.05) is 28.9 Å². The van der Waals surface area contributed by atoms with Gasteiger partial charge in [0.25, 0.3) is 11.6 Å². The average Bonchev–Trinajstić information content (AvgIpc) is 2.40. The van der Waals surface area contributed by atoms with Crippen LogP contribution in [0.5, 0.6) is 0 Å². The van der Waals surface area contributed by atoms with Crippen LogP contribution in [0, 0.1) is 10.1 Å². The molecule has 0 bridgehead atoms. The van der Waals surface area contributed by atoms with Crippen LogP contribution < -0.4 is 5.32 Å². The number of carbonyl (C=O) groups is 1. The molecule has 0 saturated carbocycles. The Balaban J connectivity index is 2.30. The number of hydrogen-bond donors (Lipinski definition) is 1. The molecule has 0 radical (unpaired) electrons. The van der Waals surface area contributed by atoms with Crippen LogP contribution in [0.15, 0.2) is 36.7 Å². The van der Waals surface area contributed by atoms with E-state index in [1.54, 1.807) is 0 Å². The molecule has 0 fully saturated rings. The molecule has 6 nitrogen and oxygen atoms in total. The quantitative estimate of drug-likeness (QED) is 0.693. The summed E-state index contributed by atoms with van der Waals surface area (Å²) >= 11 is 11.6. The summed E-state index contributed by atoms with van der Waals surface area (Å²) in [5, 5.41) is 13.6. The first-order valence-corrected chi connectivity index (χ1v) is 6.09. The molecule has 1 aromatic carbocycles. The van der Waals surface area contributed by atoms with Gasteiger partial charge in [0.05, 0.1) is 21.8 Å². The number of nitro benzene ring substituents is 1. The van der Waals surface area contributed by atoms with E-state index < -0.39 is 10.8 Å². The van der Waals surface area contributed by atoms with Crippen molar-refractivity contribution in [2.75, 3.05) is 5.32 Å². The standard InChI is InChI=1S/C12H7Cl2N3O3/c13-8-3-7(4-9(5-8)17(19)20)12(18)16-11-6-15-2-1-10(11)14/h1-6H,(H,16,18). The maximum absolute atomic E-state index is 12.0. The number of non-ortho nitro benzene ring substituents is 1. The summed E-state index contributed by atoms with van der Waals surface area (Å²) in [5.41, 5.74) is 0.103. The molecule has 1 N–H and O–H groups in total. The van der Waals surface area contributed by atoms with Crippen LogP contribution >= 0.6 is 23.2 Å². The maximum atomic E-state index is 12.0. The van der Waals surface area contributed by atoms with Crippen molar-refractivity contribution in [1.82, 2.24) is 4.98 Å². The minimum Gasteiger partial charge on any atom is -0.319 e. The largest absolute Gasteiger partial charge is 0.319 e. The van der Waals surface area contributed by atoms with Crippen molar-refractivity contribution in [3.63, 3.8) is 0 Å². The number of aromatic nitrogens is 1. The van der Waals surface area contributed by atoms with Crippen LogP contribution in [-0.2, 0) is 0 Å². The van der Waals surface area contributed by atoms with E-state index in [0.717, 1.165) is 12.1 Å². The lowest BCUT2D eigenvalue weighted by molar-refractivity contribution is -0.384. The van der Waals surface area contributed by atoms with E-state index in [9.17, 15) is 14.9 Å². The SMILES string of the molecule is O=C(Nc1cnccc1Cl)c1cc(Cl)cc([N+](=O)[O-])c1. The van der Waals surface area contributed by atoms with Crippen molar-refractivity contribution in [3.05, 3.63) is 62.4 Å². The highest BCUT2D eigenvalue weighted by molar-refractivity contribution is 6.34. The van der Waals surface area contributed by atoms with Crippen LogP contribution in [0.3, 0.4) is 0 Å². The summed E-state index contributed by atoms with van der Waals surface area (Å²) in [4.78, 5) is 25.9. The zero-order valence-corrected chi connectivity index (χ0v) is 11.4.